The summed E-state index contributed by atoms with van der Waals surface area (Å²) in [5, 5.41) is 0. The number of methoxy groups -OCH3 is 1. The molecule has 0 fully saturated rings. The van der Waals surface area contributed by atoms with Gasteiger partial charge in [0.05, 0.1) is 0 Å². The maximum Gasteiger partial charge on any atom is 0.107 e. The molecule has 0 spiro atoms. The van der Waals surface area contributed by atoms with Crippen LogP contribution >= 0.6 is 12.2 Å². The van der Waals surface area contributed by atoms with Crippen LogP contribution in [-0.2, 0) is 4.74 Å². The van der Waals surface area contributed by atoms with Gasteiger partial charge in [-0.3, -0.25) is 0 Å². The molecule has 0 aliphatic heterocycles. The zero-order chi connectivity index (χ0) is 6.57. The maximum atomic E-state index is 5.26. The molecule has 0 aliphatic rings. The average molecular weight is 133 g/mol. The Kier molecular flexibility index (Phi) is 3.73. The Morgan fingerprint density at radius 2 is 2.38 bits per heavy atom. The first-order valence-electron chi connectivity index (χ1n) is 2.54. The smallest absolute Gasteiger partial charge is 0.107 e. The molecule has 0 bridgehead atoms. The minimum atomic E-state index is -0.0370. The number of thiocarbonyl (C=S) groups is 1. The summed E-state index contributed by atoms with van der Waals surface area (Å²) in [4.78, 5) is 0.440. The molecular formula is C5H11NOS. The summed E-state index contributed by atoms with van der Waals surface area (Å²) in [7, 11) is 1.60. The number of ether oxygens (including phenoxy) is 1. The minimum absolute atomic E-state index is 0.0370. The molecule has 0 saturated heterocycles. The van der Waals surface area contributed by atoms with Gasteiger partial charge in [0, 0.05) is 7.11 Å². The molecule has 48 valence electrons. The van der Waals surface area contributed by atoms with Crippen molar-refractivity contribution in [3.05, 3.63) is 0 Å². The SMILES string of the molecule is CCC(OC)C(N)=S. The molecule has 2 N–H and O–H groups in total. The van der Waals surface area contributed by atoms with E-state index in [0.29, 0.717) is 4.99 Å². The van der Waals surface area contributed by atoms with Crippen LogP contribution in [0.4, 0.5) is 0 Å². The van der Waals surface area contributed by atoms with E-state index in [4.69, 9.17) is 10.5 Å². The predicted octanol–water partition coefficient (Wildman–Crippen LogP) is 0.698. The molecule has 1 unspecified atom stereocenters. The molecule has 8 heavy (non-hydrogen) atoms. The van der Waals surface area contributed by atoms with Gasteiger partial charge in [-0.05, 0) is 6.42 Å². The summed E-state index contributed by atoms with van der Waals surface area (Å²) >= 11 is 4.67. The van der Waals surface area contributed by atoms with Crippen LogP contribution in [0.3, 0.4) is 0 Å². The van der Waals surface area contributed by atoms with Crippen molar-refractivity contribution in [2.45, 2.75) is 19.4 Å². The summed E-state index contributed by atoms with van der Waals surface area (Å²) in [6, 6.07) is 0. The molecule has 0 aromatic heterocycles. The third-order valence-corrected chi connectivity index (χ3v) is 1.24. The zero-order valence-corrected chi connectivity index (χ0v) is 5.99. The van der Waals surface area contributed by atoms with E-state index < -0.39 is 0 Å². The highest BCUT2D eigenvalue weighted by Crippen LogP contribution is 1.94. The Morgan fingerprint density at radius 1 is 1.88 bits per heavy atom. The lowest BCUT2D eigenvalue weighted by Crippen LogP contribution is -2.27. The molecule has 0 aliphatic carbocycles. The van der Waals surface area contributed by atoms with Gasteiger partial charge in [0.2, 0.25) is 0 Å². The summed E-state index contributed by atoms with van der Waals surface area (Å²) in [5.74, 6) is 0. The molecule has 3 heteroatoms. The molecule has 0 aromatic rings. The van der Waals surface area contributed by atoms with Gasteiger partial charge in [-0.25, -0.2) is 0 Å². The second kappa shape index (κ2) is 3.80. The summed E-state index contributed by atoms with van der Waals surface area (Å²) < 4.78 is 4.89. The van der Waals surface area contributed by atoms with Gasteiger partial charge >= 0.3 is 0 Å². The Bertz CT molecular complexity index is 80.5. The van der Waals surface area contributed by atoms with Gasteiger partial charge in [-0.2, -0.15) is 0 Å². The molecule has 1 atom stereocenters. The van der Waals surface area contributed by atoms with Crippen LogP contribution in [0.5, 0.6) is 0 Å². The van der Waals surface area contributed by atoms with Gasteiger partial charge in [0.1, 0.15) is 11.1 Å². The highest BCUT2D eigenvalue weighted by molar-refractivity contribution is 7.80. The Labute approximate surface area is 55.0 Å². The Hall–Kier alpha value is -0.150. The topological polar surface area (TPSA) is 35.2 Å². The second-order valence-corrected chi connectivity index (χ2v) is 2.01. The van der Waals surface area contributed by atoms with Crippen molar-refractivity contribution in [2.24, 2.45) is 5.73 Å². The quantitative estimate of drug-likeness (QED) is 0.575. The van der Waals surface area contributed by atoms with Crippen molar-refractivity contribution in [3.63, 3.8) is 0 Å². The van der Waals surface area contributed by atoms with Crippen LogP contribution < -0.4 is 5.73 Å². The zero-order valence-electron chi connectivity index (χ0n) is 5.18. The van der Waals surface area contributed by atoms with Gasteiger partial charge in [-0.1, -0.05) is 19.1 Å². The van der Waals surface area contributed by atoms with E-state index in [-0.39, 0.29) is 6.10 Å². The number of hydrogen-bond donors (Lipinski definition) is 1. The highest BCUT2D eigenvalue weighted by Gasteiger charge is 2.04. The predicted molar refractivity (Wildman–Crippen MR) is 37.9 cm³/mol. The molecule has 0 amide bonds. The molecule has 0 aromatic carbocycles. The van der Waals surface area contributed by atoms with Crippen molar-refractivity contribution < 1.29 is 4.74 Å². The van der Waals surface area contributed by atoms with E-state index >= 15 is 0 Å². The van der Waals surface area contributed by atoms with Gasteiger partial charge in [-0.15, -0.1) is 0 Å². The molecule has 0 heterocycles. The van der Waals surface area contributed by atoms with Crippen molar-refractivity contribution >= 4 is 17.2 Å². The number of nitrogens with two attached hydrogens (primary N) is 1. The lowest BCUT2D eigenvalue weighted by Gasteiger charge is -2.08. The minimum Gasteiger partial charge on any atom is -0.391 e. The van der Waals surface area contributed by atoms with Gasteiger partial charge in [0.25, 0.3) is 0 Å². The normalized spacial score (nSPS) is 13.2. The molecule has 0 saturated carbocycles. The van der Waals surface area contributed by atoms with Crippen LogP contribution in [0.2, 0.25) is 0 Å². The lowest BCUT2D eigenvalue weighted by molar-refractivity contribution is 0.154. The van der Waals surface area contributed by atoms with Crippen LogP contribution in [-0.4, -0.2) is 18.2 Å². The first-order chi connectivity index (χ1) is 3.72. The third-order valence-electron chi connectivity index (χ3n) is 0.973. The fourth-order valence-electron chi connectivity index (χ4n) is 0.484. The second-order valence-electron chi connectivity index (χ2n) is 1.53. The van der Waals surface area contributed by atoms with E-state index in [0.717, 1.165) is 6.42 Å². The number of rotatable bonds is 3. The van der Waals surface area contributed by atoms with Gasteiger partial charge < -0.3 is 10.5 Å². The molecule has 2 nitrogen and oxygen atoms in total. The van der Waals surface area contributed by atoms with E-state index in [1.54, 1.807) is 7.11 Å². The van der Waals surface area contributed by atoms with E-state index in [2.05, 4.69) is 12.2 Å². The molecular weight excluding hydrogens is 122 g/mol. The monoisotopic (exact) mass is 133 g/mol. The summed E-state index contributed by atoms with van der Waals surface area (Å²) in [5.41, 5.74) is 5.26. The first kappa shape index (κ1) is 7.85. The largest absolute Gasteiger partial charge is 0.391 e. The van der Waals surface area contributed by atoms with Crippen LogP contribution in [0.15, 0.2) is 0 Å². The van der Waals surface area contributed by atoms with E-state index in [9.17, 15) is 0 Å². The number of hydrogen-bond acceptors (Lipinski definition) is 2. The van der Waals surface area contributed by atoms with Crippen LogP contribution in [0, 0.1) is 0 Å². The van der Waals surface area contributed by atoms with Crippen molar-refractivity contribution in [1.29, 1.82) is 0 Å². The third kappa shape index (κ3) is 2.23. The maximum absolute atomic E-state index is 5.26. The molecule has 0 rings (SSSR count). The Morgan fingerprint density at radius 3 is 2.38 bits per heavy atom. The van der Waals surface area contributed by atoms with E-state index in [1.165, 1.54) is 0 Å². The fraction of sp³-hybridized carbons (Fsp3) is 0.800. The van der Waals surface area contributed by atoms with Crippen LogP contribution in [0.25, 0.3) is 0 Å². The highest BCUT2D eigenvalue weighted by atomic mass is 32.1. The standard InChI is InChI=1S/C5H11NOS/c1-3-4(7-2)5(6)8/h4H,3H2,1-2H3,(H2,6,8). The van der Waals surface area contributed by atoms with Crippen molar-refractivity contribution in [2.75, 3.05) is 7.11 Å². The lowest BCUT2D eigenvalue weighted by atomic mass is 10.3. The fourth-order valence-corrected chi connectivity index (χ4v) is 0.747. The van der Waals surface area contributed by atoms with Crippen molar-refractivity contribution in [1.82, 2.24) is 0 Å². The summed E-state index contributed by atoms with van der Waals surface area (Å²) in [6.45, 7) is 1.98. The van der Waals surface area contributed by atoms with Crippen LogP contribution in [0.1, 0.15) is 13.3 Å². The van der Waals surface area contributed by atoms with Crippen molar-refractivity contribution in [3.8, 4) is 0 Å². The molecule has 0 radical (unpaired) electrons. The van der Waals surface area contributed by atoms with Gasteiger partial charge in [0.15, 0.2) is 0 Å². The average Bonchev–Trinajstić information content (AvgIpc) is 1.69. The summed E-state index contributed by atoms with van der Waals surface area (Å²) in [6.07, 6.45) is 0.816. The first-order valence-corrected chi connectivity index (χ1v) is 2.95. The Balaban J connectivity index is 3.52. The van der Waals surface area contributed by atoms with E-state index in [1.807, 2.05) is 6.92 Å².